The van der Waals surface area contributed by atoms with Crippen molar-refractivity contribution in [2.45, 2.75) is 18.9 Å². The quantitative estimate of drug-likeness (QED) is 0.905. The summed E-state index contributed by atoms with van der Waals surface area (Å²) in [6, 6.07) is 12.5. The minimum atomic E-state index is -0.953. The molecule has 1 fully saturated rings. The highest BCUT2D eigenvalue weighted by molar-refractivity contribution is 6.31. The maximum Gasteiger partial charge on any atom is 0.335 e. The maximum atomic E-state index is 11.1. The van der Waals surface area contributed by atoms with E-state index in [9.17, 15) is 4.79 Å². The molecule has 1 aliphatic rings. The third kappa shape index (κ3) is 4.03. The van der Waals surface area contributed by atoms with Gasteiger partial charge in [0.15, 0.2) is 0 Å². The minimum Gasteiger partial charge on any atom is -0.488 e. The molecule has 3 rings (SSSR count). The molecule has 0 aliphatic carbocycles. The molecule has 1 heterocycles. The van der Waals surface area contributed by atoms with Crippen molar-refractivity contribution in [3.05, 3.63) is 64.2 Å². The lowest BCUT2D eigenvalue weighted by atomic mass is 10.0. The summed E-state index contributed by atoms with van der Waals surface area (Å²) in [5.41, 5.74) is 2.08. The molecule has 0 spiro atoms. The van der Waals surface area contributed by atoms with Gasteiger partial charge in [-0.15, -0.1) is 0 Å². The molecule has 1 atom stereocenters. The van der Waals surface area contributed by atoms with Gasteiger partial charge in [0.25, 0.3) is 0 Å². The van der Waals surface area contributed by atoms with E-state index in [1.165, 1.54) is 6.07 Å². The van der Waals surface area contributed by atoms with Crippen LogP contribution in [0.2, 0.25) is 5.02 Å². The molecule has 120 valence electrons. The number of hydrogen-bond donors (Lipinski definition) is 1. The molecule has 0 amide bonds. The number of aromatic carboxylic acids is 1. The molecule has 1 N–H and O–H groups in total. The van der Waals surface area contributed by atoms with Gasteiger partial charge in [0.2, 0.25) is 0 Å². The maximum absolute atomic E-state index is 11.1. The van der Waals surface area contributed by atoms with Crippen LogP contribution in [-0.2, 0) is 11.2 Å². The van der Waals surface area contributed by atoms with E-state index in [0.29, 0.717) is 18.1 Å². The number of hydrogen-bond acceptors (Lipinski definition) is 3. The van der Waals surface area contributed by atoms with Crippen molar-refractivity contribution in [3.63, 3.8) is 0 Å². The molecular weight excluding hydrogens is 316 g/mol. The third-order valence-electron chi connectivity index (χ3n) is 3.80. The lowest BCUT2D eigenvalue weighted by Gasteiger charge is -2.12. The number of carboxylic acids is 1. The highest BCUT2D eigenvalue weighted by atomic mass is 35.5. The third-order valence-corrected chi connectivity index (χ3v) is 4.17. The normalized spacial score (nSPS) is 17.2. The molecular formula is C18H17ClO4. The van der Waals surface area contributed by atoms with Crippen molar-refractivity contribution in [2.75, 3.05) is 13.2 Å². The largest absolute Gasteiger partial charge is 0.488 e. The Morgan fingerprint density at radius 3 is 2.70 bits per heavy atom. The standard InChI is InChI=1S/C18H17ClO4/c19-17-6-3-13(18(20)21)10-14(17)9-12-1-4-15(5-2-12)23-16-7-8-22-11-16/h1-6,10,16H,7-9,11H2,(H,20,21). The van der Waals surface area contributed by atoms with Gasteiger partial charge < -0.3 is 14.6 Å². The first-order valence-electron chi connectivity index (χ1n) is 7.47. The number of ether oxygens (including phenoxy) is 2. The van der Waals surface area contributed by atoms with Gasteiger partial charge in [-0.05, 0) is 47.9 Å². The topological polar surface area (TPSA) is 55.8 Å². The Morgan fingerprint density at radius 1 is 1.26 bits per heavy atom. The van der Waals surface area contributed by atoms with Gasteiger partial charge in [-0.1, -0.05) is 23.7 Å². The second-order valence-corrected chi connectivity index (χ2v) is 5.94. The molecule has 0 saturated carbocycles. The Kier molecular flexibility index (Phi) is 4.84. The van der Waals surface area contributed by atoms with Crippen molar-refractivity contribution < 1.29 is 19.4 Å². The minimum absolute atomic E-state index is 0.127. The molecule has 2 aromatic rings. The molecule has 23 heavy (non-hydrogen) atoms. The lowest BCUT2D eigenvalue weighted by Crippen LogP contribution is -2.15. The van der Waals surface area contributed by atoms with Crippen molar-refractivity contribution >= 4 is 17.6 Å². The first-order chi connectivity index (χ1) is 11.1. The Hall–Kier alpha value is -2.04. The Morgan fingerprint density at radius 2 is 2.04 bits per heavy atom. The Labute approximate surface area is 139 Å². The van der Waals surface area contributed by atoms with Crippen molar-refractivity contribution in [2.24, 2.45) is 0 Å². The zero-order chi connectivity index (χ0) is 16.2. The number of carbonyl (C=O) groups is 1. The fourth-order valence-corrected chi connectivity index (χ4v) is 2.73. The lowest BCUT2D eigenvalue weighted by molar-refractivity contribution is 0.0697. The van der Waals surface area contributed by atoms with Crippen LogP contribution >= 0.6 is 11.6 Å². The van der Waals surface area contributed by atoms with E-state index in [1.807, 2.05) is 24.3 Å². The summed E-state index contributed by atoms with van der Waals surface area (Å²) < 4.78 is 11.1. The van der Waals surface area contributed by atoms with E-state index < -0.39 is 5.97 Å². The summed E-state index contributed by atoms with van der Waals surface area (Å²) >= 11 is 6.16. The SMILES string of the molecule is O=C(O)c1ccc(Cl)c(Cc2ccc(OC3CCOC3)cc2)c1. The van der Waals surface area contributed by atoms with E-state index in [0.717, 1.165) is 29.9 Å². The van der Waals surface area contributed by atoms with E-state index in [4.69, 9.17) is 26.2 Å². The molecule has 0 radical (unpaired) electrons. The van der Waals surface area contributed by atoms with E-state index in [2.05, 4.69) is 0 Å². The molecule has 1 aliphatic heterocycles. The van der Waals surface area contributed by atoms with Crippen LogP contribution in [0.4, 0.5) is 0 Å². The van der Waals surface area contributed by atoms with Gasteiger partial charge in [0, 0.05) is 11.4 Å². The number of benzene rings is 2. The van der Waals surface area contributed by atoms with Crippen LogP contribution < -0.4 is 4.74 Å². The summed E-state index contributed by atoms with van der Waals surface area (Å²) in [5, 5.41) is 9.64. The van der Waals surface area contributed by atoms with Crippen LogP contribution in [0.1, 0.15) is 27.9 Å². The highest BCUT2D eigenvalue weighted by Crippen LogP contribution is 2.23. The summed E-state index contributed by atoms with van der Waals surface area (Å²) in [7, 11) is 0. The summed E-state index contributed by atoms with van der Waals surface area (Å²) in [5.74, 6) is -0.139. The molecule has 2 aromatic carbocycles. The zero-order valence-electron chi connectivity index (χ0n) is 12.5. The van der Waals surface area contributed by atoms with Gasteiger partial charge in [0.1, 0.15) is 11.9 Å². The number of carboxylic acid groups (broad SMARTS) is 1. The van der Waals surface area contributed by atoms with Gasteiger partial charge in [0.05, 0.1) is 18.8 Å². The van der Waals surface area contributed by atoms with Gasteiger partial charge in [-0.2, -0.15) is 0 Å². The van der Waals surface area contributed by atoms with Crippen molar-refractivity contribution in [1.82, 2.24) is 0 Å². The van der Waals surface area contributed by atoms with Crippen LogP contribution in [0, 0.1) is 0 Å². The fourth-order valence-electron chi connectivity index (χ4n) is 2.55. The number of halogens is 1. The first kappa shape index (κ1) is 15.8. The second-order valence-electron chi connectivity index (χ2n) is 5.54. The zero-order valence-corrected chi connectivity index (χ0v) is 13.3. The Bertz CT molecular complexity index is 691. The van der Waals surface area contributed by atoms with E-state index >= 15 is 0 Å². The molecule has 1 unspecified atom stereocenters. The van der Waals surface area contributed by atoms with E-state index in [-0.39, 0.29) is 11.7 Å². The number of rotatable bonds is 5. The molecule has 5 heteroatoms. The highest BCUT2D eigenvalue weighted by Gasteiger charge is 2.17. The monoisotopic (exact) mass is 332 g/mol. The molecule has 4 nitrogen and oxygen atoms in total. The summed E-state index contributed by atoms with van der Waals surface area (Å²) in [6.45, 7) is 1.39. The molecule has 0 bridgehead atoms. The average Bonchev–Trinajstić information content (AvgIpc) is 3.04. The van der Waals surface area contributed by atoms with Crippen molar-refractivity contribution in [1.29, 1.82) is 0 Å². The Balaban J connectivity index is 1.70. The first-order valence-corrected chi connectivity index (χ1v) is 7.84. The van der Waals surface area contributed by atoms with Crippen LogP contribution in [-0.4, -0.2) is 30.4 Å². The van der Waals surface area contributed by atoms with Gasteiger partial charge in [-0.25, -0.2) is 4.79 Å². The predicted octanol–water partition coefficient (Wildman–Crippen LogP) is 3.80. The van der Waals surface area contributed by atoms with Crippen LogP contribution in [0.3, 0.4) is 0 Å². The van der Waals surface area contributed by atoms with Crippen molar-refractivity contribution in [3.8, 4) is 5.75 Å². The average molecular weight is 333 g/mol. The molecule has 1 saturated heterocycles. The fraction of sp³-hybridized carbons (Fsp3) is 0.278. The molecule has 0 aromatic heterocycles. The van der Waals surface area contributed by atoms with Crippen LogP contribution in [0.25, 0.3) is 0 Å². The summed E-state index contributed by atoms with van der Waals surface area (Å²) in [6.07, 6.45) is 1.62. The van der Waals surface area contributed by atoms with Gasteiger partial charge >= 0.3 is 5.97 Å². The van der Waals surface area contributed by atoms with Crippen LogP contribution in [0.15, 0.2) is 42.5 Å². The predicted molar refractivity (Wildman–Crippen MR) is 87.5 cm³/mol. The smallest absolute Gasteiger partial charge is 0.335 e. The van der Waals surface area contributed by atoms with E-state index in [1.54, 1.807) is 12.1 Å². The summed E-state index contributed by atoms with van der Waals surface area (Å²) in [4.78, 5) is 11.1. The second kappa shape index (κ2) is 7.02. The van der Waals surface area contributed by atoms with Crippen LogP contribution in [0.5, 0.6) is 5.75 Å². The van der Waals surface area contributed by atoms with Gasteiger partial charge in [-0.3, -0.25) is 0 Å².